The van der Waals surface area contributed by atoms with Crippen LogP contribution in [0.2, 0.25) is 18.1 Å². The fourth-order valence-corrected chi connectivity index (χ4v) is 5.66. The van der Waals surface area contributed by atoms with E-state index < -0.39 is 13.7 Å². The zero-order valence-corrected chi connectivity index (χ0v) is 26.6. The lowest BCUT2D eigenvalue weighted by Gasteiger charge is -2.39. The molecule has 11 nitrogen and oxygen atoms in total. The molecule has 1 amide bonds. The summed E-state index contributed by atoms with van der Waals surface area (Å²) in [5.41, 5.74) is 3.03. The molecular formula is C29H38BN8O3Si. The van der Waals surface area contributed by atoms with Crippen molar-refractivity contribution >= 4 is 45.3 Å². The first kappa shape index (κ1) is 30.9. The lowest BCUT2D eigenvalue weighted by atomic mass is 9.83. The molecule has 0 saturated carbocycles. The van der Waals surface area contributed by atoms with Gasteiger partial charge in [-0.2, -0.15) is 10.4 Å². The third-order valence-corrected chi connectivity index (χ3v) is 12.6. The topological polar surface area (TPSA) is 129 Å². The van der Waals surface area contributed by atoms with Gasteiger partial charge in [0, 0.05) is 62.4 Å². The number of nitrogens with one attached hydrogen (secondary N) is 1. The molecule has 1 unspecified atom stereocenters. The second-order valence-corrected chi connectivity index (χ2v) is 17.4. The van der Waals surface area contributed by atoms with Crippen LogP contribution in [0.3, 0.4) is 0 Å². The summed E-state index contributed by atoms with van der Waals surface area (Å²) < 4.78 is 8.21. The van der Waals surface area contributed by atoms with Crippen LogP contribution in [0.25, 0.3) is 11.3 Å². The van der Waals surface area contributed by atoms with Crippen LogP contribution in [0.4, 0.5) is 17.5 Å². The normalized spacial score (nSPS) is 16.5. The smallest absolute Gasteiger partial charge is 0.329 e. The van der Waals surface area contributed by atoms with Gasteiger partial charge in [-0.25, -0.2) is 9.97 Å². The molecule has 0 spiro atoms. The number of hydrogen-bond acceptors (Lipinski definition) is 9. The number of aromatic nitrogens is 4. The average Bonchev–Trinajstić information content (AvgIpc) is 3.48. The second-order valence-electron chi connectivity index (χ2n) is 12.6. The van der Waals surface area contributed by atoms with Crippen molar-refractivity contribution in [2.45, 2.75) is 57.8 Å². The first-order valence-corrected chi connectivity index (χ1v) is 16.7. The third-order valence-electron chi connectivity index (χ3n) is 8.11. The minimum Gasteiger partial charge on any atom is -0.416 e. The lowest BCUT2D eigenvalue weighted by Crippen LogP contribution is -2.46. The molecule has 1 aliphatic rings. The first-order chi connectivity index (χ1) is 19.7. The molecule has 0 saturated heterocycles. The fourth-order valence-electron chi connectivity index (χ4n) is 4.55. The Bertz CT molecular complexity index is 1530. The van der Waals surface area contributed by atoms with Crippen LogP contribution in [0, 0.1) is 11.3 Å². The molecule has 1 aliphatic heterocycles. The summed E-state index contributed by atoms with van der Waals surface area (Å²) in [4.78, 5) is 36.0. The molecule has 42 heavy (non-hydrogen) atoms. The van der Waals surface area contributed by atoms with Crippen molar-refractivity contribution in [3.05, 3.63) is 47.8 Å². The number of carbonyl (C=O) groups excluding carboxylic acids is 2. The molecule has 0 aliphatic carbocycles. The second kappa shape index (κ2) is 11.7. The molecule has 219 valence electrons. The van der Waals surface area contributed by atoms with Crippen LogP contribution in [0.5, 0.6) is 0 Å². The van der Waals surface area contributed by atoms with Gasteiger partial charge in [0.15, 0.2) is 14.1 Å². The molecule has 4 rings (SSSR count). The average molecular weight is 586 g/mol. The first-order valence-electron chi connectivity index (χ1n) is 13.8. The van der Waals surface area contributed by atoms with Gasteiger partial charge in [-0.1, -0.05) is 27.7 Å². The summed E-state index contributed by atoms with van der Waals surface area (Å²) in [6.07, 6.45) is 4.10. The van der Waals surface area contributed by atoms with E-state index in [0.717, 1.165) is 23.0 Å². The van der Waals surface area contributed by atoms with E-state index in [9.17, 15) is 14.9 Å². The zero-order chi connectivity index (χ0) is 30.9. The van der Waals surface area contributed by atoms with Gasteiger partial charge in [-0.15, -0.1) is 0 Å². The zero-order valence-electron chi connectivity index (χ0n) is 25.6. The number of likely N-dealkylation sites (N-methyl/N-ethyl adjacent to an activating group) is 1. The number of rotatable bonds is 10. The Balaban J connectivity index is 1.67. The van der Waals surface area contributed by atoms with E-state index >= 15 is 0 Å². The molecule has 1 atom stereocenters. The minimum atomic E-state index is -2.06. The highest BCUT2D eigenvalue weighted by Gasteiger charge is 2.44. The van der Waals surface area contributed by atoms with Crippen LogP contribution in [0.15, 0.2) is 36.7 Å². The van der Waals surface area contributed by atoms with E-state index in [-0.39, 0.29) is 17.5 Å². The van der Waals surface area contributed by atoms with Crippen molar-refractivity contribution < 1.29 is 14.0 Å². The quantitative estimate of drug-likeness (QED) is 0.278. The Labute approximate surface area is 249 Å². The maximum Gasteiger partial charge on any atom is 0.329 e. The molecule has 1 aromatic carbocycles. The molecule has 3 heterocycles. The van der Waals surface area contributed by atoms with Gasteiger partial charge in [-0.3, -0.25) is 9.48 Å². The van der Waals surface area contributed by atoms with E-state index in [4.69, 9.17) is 9.41 Å². The lowest BCUT2D eigenvalue weighted by molar-refractivity contribution is -0.129. The van der Waals surface area contributed by atoms with E-state index in [1.54, 1.807) is 49.4 Å². The van der Waals surface area contributed by atoms with Gasteiger partial charge in [0.2, 0.25) is 11.9 Å². The summed E-state index contributed by atoms with van der Waals surface area (Å²) >= 11 is 0. The molecule has 13 heteroatoms. The van der Waals surface area contributed by atoms with Crippen LogP contribution < -0.4 is 10.1 Å². The molecule has 0 fully saturated rings. The summed E-state index contributed by atoms with van der Waals surface area (Å²) in [7, 11) is 2.82. The van der Waals surface area contributed by atoms with Crippen molar-refractivity contribution in [1.29, 1.82) is 5.26 Å². The van der Waals surface area contributed by atoms with Gasteiger partial charge >= 0.3 is 7.41 Å². The van der Waals surface area contributed by atoms with E-state index in [2.05, 4.69) is 62.3 Å². The Hall–Kier alpha value is -4.02. The SMILES string of the molecule is CN(C)C(=O)Cn1ccc(Nc2nccc(-c3cc(C#N)c4c(c3)C(C)(CO[Si](C)(C)C(C)(C)C)CN4[B]C=O)n2)n1. The van der Waals surface area contributed by atoms with Gasteiger partial charge in [0.05, 0.1) is 11.3 Å². The summed E-state index contributed by atoms with van der Waals surface area (Å²) in [5.74, 6) is 0.759. The monoisotopic (exact) mass is 585 g/mol. The van der Waals surface area contributed by atoms with E-state index in [0.29, 0.717) is 36.2 Å². The Kier molecular flexibility index (Phi) is 8.61. The highest BCUT2D eigenvalue weighted by atomic mass is 28.4. The number of anilines is 3. The van der Waals surface area contributed by atoms with Crippen LogP contribution in [0.1, 0.15) is 38.8 Å². The largest absolute Gasteiger partial charge is 0.416 e. The third kappa shape index (κ3) is 6.39. The minimum absolute atomic E-state index is 0.0428. The Morgan fingerprint density at radius 2 is 2.05 bits per heavy atom. The van der Waals surface area contributed by atoms with Crippen molar-refractivity contribution in [2.24, 2.45) is 0 Å². The van der Waals surface area contributed by atoms with Gasteiger partial charge in [0.1, 0.15) is 18.8 Å². The number of amides is 1. The molecular weight excluding hydrogens is 547 g/mol. The van der Waals surface area contributed by atoms with Crippen molar-refractivity contribution in [2.75, 3.05) is 37.4 Å². The van der Waals surface area contributed by atoms with Crippen molar-refractivity contribution in [3.8, 4) is 17.3 Å². The molecule has 1 N–H and O–H groups in total. The summed E-state index contributed by atoms with van der Waals surface area (Å²) in [6.45, 7) is 14.3. The van der Waals surface area contributed by atoms with Crippen LogP contribution in [-0.4, -0.2) is 79.7 Å². The summed E-state index contributed by atoms with van der Waals surface area (Å²) in [6, 6.07) is 9.69. The van der Waals surface area contributed by atoms with Crippen LogP contribution >= 0.6 is 0 Å². The number of fused-ring (bicyclic) bond motifs is 1. The maximum atomic E-state index is 12.0. The van der Waals surface area contributed by atoms with Crippen LogP contribution in [-0.2, 0) is 26.0 Å². The van der Waals surface area contributed by atoms with Gasteiger partial charge < -0.3 is 24.2 Å². The number of hydrogen-bond donors (Lipinski definition) is 1. The molecule has 3 aromatic rings. The molecule has 0 bridgehead atoms. The number of benzene rings is 1. The van der Waals surface area contributed by atoms with Crippen molar-refractivity contribution in [1.82, 2.24) is 24.6 Å². The predicted octanol–water partition coefficient (Wildman–Crippen LogP) is 3.95. The Morgan fingerprint density at radius 1 is 1.31 bits per heavy atom. The molecule has 1 radical (unpaired) electrons. The number of nitrogens with zero attached hydrogens (tertiary/aromatic N) is 7. The number of nitriles is 1. The van der Waals surface area contributed by atoms with Gasteiger partial charge in [-0.05, 0) is 41.9 Å². The van der Waals surface area contributed by atoms with E-state index in [1.807, 2.05) is 10.9 Å². The Morgan fingerprint density at radius 3 is 2.69 bits per heavy atom. The number of carbonyl (C=O) groups is 2. The predicted molar refractivity (Wildman–Crippen MR) is 167 cm³/mol. The van der Waals surface area contributed by atoms with Crippen molar-refractivity contribution in [3.63, 3.8) is 0 Å². The highest BCUT2D eigenvalue weighted by Crippen LogP contribution is 2.46. The molecule has 2 aromatic heterocycles. The maximum absolute atomic E-state index is 12.0. The fraction of sp³-hybridized carbons (Fsp3) is 0.448. The van der Waals surface area contributed by atoms with Gasteiger partial charge in [0.25, 0.3) is 0 Å². The summed E-state index contributed by atoms with van der Waals surface area (Å²) in [5, 5.41) is 17.7. The highest BCUT2D eigenvalue weighted by molar-refractivity contribution is 6.74. The standard InChI is InChI=1S/C29H38BN8O3Si/c1-28(2,3)42(7,8)41-18-29(4)17-38(30-19-39)26-21(15-31)13-20(14-22(26)29)23-9-11-32-27(33-23)34-24-10-12-37(35-24)16-25(40)36(5)6/h9-14,19H,16-18H2,1-8H3,(H,32,33,34,35). The van der Waals surface area contributed by atoms with E-state index in [1.165, 1.54) is 12.3 Å².